The Morgan fingerprint density at radius 3 is 1.65 bits per heavy atom. The number of rotatable bonds is 5. The van der Waals surface area contributed by atoms with Crippen molar-refractivity contribution in [1.82, 2.24) is 4.57 Å². The van der Waals surface area contributed by atoms with Crippen molar-refractivity contribution in [2.45, 2.75) is 19.4 Å². The van der Waals surface area contributed by atoms with Crippen molar-refractivity contribution < 1.29 is 8.83 Å². The number of furan rings is 2. The Kier molecular flexibility index (Phi) is 7.98. The molecule has 0 aliphatic carbocycles. The molecule has 0 saturated carbocycles. The van der Waals surface area contributed by atoms with E-state index in [2.05, 4.69) is 187 Å². The predicted molar refractivity (Wildman–Crippen MR) is 286 cm³/mol. The van der Waals surface area contributed by atoms with Crippen LogP contribution in [0.1, 0.15) is 36.1 Å². The van der Waals surface area contributed by atoms with E-state index in [1.54, 1.807) is 0 Å². The molecule has 4 aromatic heterocycles. The molecule has 320 valence electrons. The first-order valence-electron chi connectivity index (χ1n) is 23.4. The monoisotopic (exact) mass is 889 g/mol. The van der Waals surface area contributed by atoms with Gasteiger partial charge in [0.1, 0.15) is 22.3 Å². The van der Waals surface area contributed by atoms with Gasteiger partial charge in [0, 0.05) is 64.8 Å². The number of aromatic nitrogens is 1. The summed E-state index contributed by atoms with van der Waals surface area (Å²) in [5.74, 6) is 0.628. The van der Waals surface area contributed by atoms with Crippen molar-refractivity contribution in [3.05, 3.63) is 211 Å². The second-order valence-electron chi connectivity index (χ2n) is 18.2. The Labute approximate surface area is 393 Å². The van der Waals surface area contributed by atoms with E-state index in [1.165, 1.54) is 63.5 Å². The van der Waals surface area contributed by atoms with Crippen LogP contribution in [0, 0.1) is 5.92 Å². The van der Waals surface area contributed by atoms with E-state index in [1.807, 2.05) is 29.5 Å². The summed E-state index contributed by atoms with van der Waals surface area (Å²) in [6.45, 7) is 2.29. The van der Waals surface area contributed by atoms with Crippen LogP contribution in [0.15, 0.2) is 213 Å². The molecule has 0 fully saturated rings. The number of hydrogen-bond acceptors (Lipinski definition) is 5. The predicted octanol–water partition coefficient (Wildman–Crippen LogP) is 17.3. The Morgan fingerprint density at radius 2 is 1.01 bits per heavy atom. The zero-order chi connectivity index (χ0) is 44.6. The third-order valence-electron chi connectivity index (χ3n) is 14.5. The molecular formula is C62H39N3O2S. The zero-order valence-electron chi connectivity index (χ0n) is 36.9. The Morgan fingerprint density at radius 1 is 0.485 bits per heavy atom. The summed E-state index contributed by atoms with van der Waals surface area (Å²) in [4.78, 5) is 11.6. The Bertz CT molecular complexity index is 4430. The molecule has 14 aromatic rings. The van der Waals surface area contributed by atoms with E-state index in [4.69, 9.17) is 18.8 Å². The lowest BCUT2D eigenvalue weighted by Gasteiger charge is -2.31. The highest BCUT2D eigenvalue weighted by Gasteiger charge is 2.35. The van der Waals surface area contributed by atoms with Crippen LogP contribution < -0.4 is 0 Å². The van der Waals surface area contributed by atoms with Crippen molar-refractivity contribution in [2.75, 3.05) is 0 Å². The molecular weight excluding hydrogens is 851 g/mol. The average Bonchev–Trinajstić information content (AvgIpc) is 4.15. The molecule has 0 N–H and O–H groups in total. The molecule has 10 aromatic carbocycles. The fourth-order valence-electron chi connectivity index (χ4n) is 11.5. The van der Waals surface area contributed by atoms with E-state index in [9.17, 15) is 0 Å². The third-order valence-corrected chi connectivity index (χ3v) is 15.8. The number of thiophene rings is 1. The van der Waals surface area contributed by atoms with Gasteiger partial charge in [-0.1, -0.05) is 134 Å². The number of para-hydroxylation sites is 2. The lowest BCUT2D eigenvalue weighted by atomic mass is 9.81. The van der Waals surface area contributed by atoms with Crippen LogP contribution in [0.2, 0.25) is 0 Å². The first-order chi connectivity index (χ1) is 33.6. The van der Waals surface area contributed by atoms with E-state index < -0.39 is 0 Å². The van der Waals surface area contributed by atoms with E-state index in [-0.39, 0.29) is 12.0 Å². The second kappa shape index (κ2) is 14.3. The van der Waals surface area contributed by atoms with Gasteiger partial charge in [0.05, 0.1) is 33.2 Å². The number of fused-ring (bicyclic) bond motifs is 14. The van der Waals surface area contributed by atoms with Gasteiger partial charge in [-0.3, -0.25) is 4.99 Å². The van der Waals surface area contributed by atoms with Crippen LogP contribution in [0.25, 0.3) is 113 Å². The van der Waals surface area contributed by atoms with Gasteiger partial charge in [-0.15, -0.1) is 11.3 Å². The first kappa shape index (κ1) is 37.9. The van der Waals surface area contributed by atoms with E-state index >= 15 is 0 Å². The highest BCUT2D eigenvalue weighted by atomic mass is 32.1. The molecule has 15 rings (SSSR count). The van der Waals surface area contributed by atoms with Gasteiger partial charge in [0.2, 0.25) is 0 Å². The summed E-state index contributed by atoms with van der Waals surface area (Å²) < 4.78 is 18.1. The maximum Gasteiger partial charge on any atom is 0.156 e. The summed E-state index contributed by atoms with van der Waals surface area (Å²) in [7, 11) is 0. The van der Waals surface area contributed by atoms with E-state index in [0.717, 1.165) is 78.4 Å². The highest BCUT2D eigenvalue weighted by Crippen LogP contribution is 2.47. The minimum absolute atomic E-state index is 0.0699. The molecule has 1 aliphatic rings. The van der Waals surface area contributed by atoms with Crippen molar-refractivity contribution in [3.8, 4) is 5.69 Å². The number of nitrogens with zero attached hydrogens (tertiary/aromatic N) is 3. The van der Waals surface area contributed by atoms with Gasteiger partial charge < -0.3 is 13.4 Å². The summed E-state index contributed by atoms with van der Waals surface area (Å²) in [5.41, 5.74) is 11.1. The number of aliphatic imine (C=N–C) groups is 2. The molecule has 0 bridgehead atoms. The maximum atomic E-state index is 6.53. The highest BCUT2D eigenvalue weighted by molar-refractivity contribution is 7.26. The summed E-state index contributed by atoms with van der Waals surface area (Å²) in [5, 5.41) is 14.1. The molecule has 1 aliphatic heterocycles. The molecule has 6 heteroatoms. The molecule has 0 radical (unpaired) electrons. The molecule has 2 atom stereocenters. The van der Waals surface area contributed by atoms with Crippen LogP contribution in [0.3, 0.4) is 0 Å². The van der Waals surface area contributed by atoms with Gasteiger partial charge in [-0.25, -0.2) is 4.99 Å². The minimum atomic E-state index is -0.291. The lowest BCUT2D eigenvalue weighted by Crippen LogP contribution is -2.28. The normalized spacial score (nSPS) is 15.7. The van der Waals surface area contributed by atoms with Gasteiger partial charge in [-0.05, 0) is 100 Å². The van der Waals surface area contributed by atoms with Gasteiger partial charge >= 0.3 is 0 Å². The van der Waals surface area contributed by atoms with Crippen molar-refractivity contribution >= 4 is 130 Å². The summed E-state index contributed by atoms with van der Waals surface area (Å²) in [6, 6.07) is 69.9. The SMILES string of the molecule is CCC1C(c2cccc3oc4ccccc4c23)=NC(c2cccc3oc4ccccc4c23)=NC1c1cc(-n2c3cc4ccccc4cc3c3cc4ccccc4cc32)c2sc3ccccc3c2c1. The van der Waals surface area contributed by atoms with Crippen LogP contribution in [-0.4, -0.2) is 16.1 Å². The maximum absolute atomic E-state index is 6.53. The Balaban J connectivity index is 1.06. The van der Waals surface area contributed by atoms with Crippen LogP contribution in [0.4, 0.5) is 0 Å². The largest absolute Gasteiger partial charge is 0.456 e. The van der Waals surface area contributed by atoms with Gasteiger partial charge in [0.15, 0.2) is 5.84 Å². The molecule has 0 amide bonds. The topological polar surface area (TPSA) is 55.9 Å². The number of amidine groups is 1. The van der Waals surface area contributed by atoms with E-state index in [0.29, 0.717) is 5.84 Å². The standard InChI is InChI=1S/C62H39N3O2S/c1-2-40-59(63-62(45-23-14-27-55-58(45)43-21-8-11-25-53(43)67-55)64-60(40)44-22-13-26-54-57(44)42-20-7-10-24-52(42)66-54)39-31-48-41-19-9-12-28-56(41)68-61(48)51(34-39)65-49-32-37-17-5-3-15-35(37)29-46(49)47-30-36-16-4-6-18-38(36)33-50(47)65/h3-34,40,59H,2H2,1H3. The van der Waals surface area contributed by atoms with Crippen molar-refractivity contribution in [3.63, 3.8) is 0 Å². The van der Waals surface area contributed by atoms with Crippen molar-refractivity contribution in [1.29, 1.82) is 0 Å². The fraction of sp³-hybridized carbons (Fsp3) is 0.0645. The summed E-state index contributed by atoms with van der Waals surface area (Å²) in [6.07, 6.45) is 0.816. The van der Waals surface area contributed by atoms with Crippen molar-refractivity contribution in [2.24, 2.45) is 15.9 Å². The summed E-state index contributed by atoms with van der Waals surface area (Å²) >= 11 is 1.87. The molecule has 5 heterocycles. The Hall–Kier alpha value is -8.32. The van der Waals surface area contributed by atoms with Crippen LogP contribution in [-0.2, 0) is 0 Å². The molecule has 0 saturated heterocycles. The average molecular weight is 890 g/mol. The number of benzene rings is 10. The first-order valence-corrected chi connectivity index (χ1v) is 24.3. The molecule has 2 unspecified atom stereocenters. The van der Waals surface area contributed by atoms with Gasteiger partial charge in [-0.2, -0.15) is 0 Å². The number of hydrogen-bond donors (Lipinski definition) is 0. The molecule has 68 heavy (non-hydrogen) atoms. The minimum Gasteiger partial charge on any atom is -0.456 e. The molecule has 0 spiro atoms. The fourth-order valence-corrected chi connectivity index (χ4v) is 12.7. The zero-order valence-corrected chi connectivity index (χ0v) is 37.7. The van der Waals surface area contributed by atoms with Crippen LogP contribution in [0.5, 0.6) is 0 Å². The molecule has 5 nitrogen and oxygen atoms in total. The van der Waals surface area contributed by atoms with Crippen LogP contribution >= 0.6 is 11.3 Å². The second-order valence-corrected chi connectivity index (χ2v) is 19.3. The lowest BCUT2D eigenvalue weighted by molar-refractivity contribution is 0.533. The van der Waals surface area contributed by atoms with Gasteiger partial charge in [0.25, 0.3) is 0 Å². The third kappa shape index (κ3) is 5.43. The quantitative estimate of drug-likeness (QED) is 0.173. The smallest absolute Gasteiger partial charge is 0.156 e.